The summed E-state index contributed by atoms with van der Waals surface area (Å²) in [4.78, 5) is 21.5. The molecule has 5 rings (SSSR count). The Bertz CT molecular complexity index is 1210. The van der Waals surface area contributed by atoms with Gasteiger partial charge in [-0.05, 0) is 31.2 Å². The lowest BCUT2D eigenvalue weighted by atomic mass is 10.1. The number of piperazine rings is 1. The highest BCUT2D eigenvalue weighted by Crippen LogP contribution is 2.32. The van der Waals surface area contributed by atoms with Crippen molar-refractivity contribution < 1.29 is 4.79 Å². The smallest absolute Gasteiger partial charge is 0.253 e. The van der Waals surface area contributed by atoms with E-state index in [4.69, 9.17) is 0 Å². The molecule has 0 spiro atoms. The van der Waals surface area contributed by atoms with Crippen LogP contribution in [0.4, 0.5) is 5.82 Å². The van der Waals surface area contributed by atoms with Crippen LogP contribution in [0.5, 0.6) is 0 Å². The maximum atomic E-state index is 12.9. The van der Waals surface area contributed by atoms with Crippen molar-refractivity contribution in [3.8, 4) is 11.4 Å². The highest BCUT2D eigenvalue weighted by atomic mass is 16.2. The molecule has 1 aliphatic rings. The number of nitrogens with zero attached hydrogens (tertiary/aromatic N) is 5. The van der Waals surface area contributed by atoms with Crippen molar-refractivity contribution in [3.05, 3.63) is 84.6 Å². The number of hydrogen-bond donors (Lipinski definition) is 0. The van der Waals surface area contributed by atoms with Gasteiger partial charge in [0.05, 0.1) is 5.69 Å². The van der Waals surface area contributed by atoms with Crippen LogP contribution in [0, 0.1) is 0 Å². The van der Waals surface area contributed by atoms with Gasteiger partial charge in [-0.3, -0.25) is 9.78 Å². The lowest BCUT2D eigenvalue weighted by Gasteiger charge is -2.40. The molecule has 4 aromatic rings. The van der Waals surface area contributed by atoms with Crippen LogP contribution in [-0.2, 0) is 0 Å². The number of pyridine rings is 1. The average Bonchev–Trinajstić information content (AvgIpc) is 2.84. The molecule has 1 atom stereocenters. The second kappa shape index (κ2) is 8.14. The molecule has 0 saturated carbocycles. The lowest BCUT2D eigenvalue weighted by molar-refractivity contribution is 0.0726. The van der Waals surface area contributed by atoms with E-state index in [2.05, 4.69) is 39.1 Å². The van der Waals surface area contributed by atoms with E-state index in [1.807, 2.05) is 65.6 Å². The second-order valence-electron chi connectivity index (χ2n) is 7.79. The first-order chi connectivity index (χ1) is 15.2. The van der Waals surface area contributed by atoms with Gasteiger partial charge in [-0.15, -0.1) is 10.2 Å². The Morgan fingerprint density at radius 1 is 0.871 bits per heavy atom. The molecule has 6 nitrogen and oxygen atoms in total. The molecule has 0 radical (unpaired) electrons. The molecule has 3 heterocycles. The number of benzene rings is 2. The van der Waals surface area contributed by atoms with Crippen molar-refractivity contribution >= 4 is 22.5 Å². The number of amides is 1. The zero-order valence-corrected chi connectivity index (χ0v) is 17.3. The number of carbonyl (C=O) groups is 1. The lowest BCUT2D eigenvalue weighted by Crippen LogP contribution is -2.54. The van der Waals surface area contributed by atoms with E-state index in [-0.39, 0.29) is 11.9 Å². The molecule has 0 bridgehead atoms. The van der Waals surface area contributed by atoms with Crippen LogP contribution in [0.1, 0.15) is 17.3 Å². The van der Waals surface area contributed by atoms with Gasteiger partial charge in [-0.25, -0.2) is 0 Å². The van der Waals surface area contributed by atoms with Crippen LogP contribution in [0.3, 0.4) is 0 Å². The third-order valence-corrected chi connectivity index (χ3v) is 5.78. The summed E-state index contributed by atoms with van der Waals surface area (Å²) in [5.74, 6) is 0.933. The Hall–Kier alpha value is -3.80. The number of fused-ring (bicyclic) bond motifs is 1. The van der Waals surface area contributed by atoms with Crippen LogP contribution in [0.25, 0.3) is 22.2 Å². The molecule has 2 aromatic heterocycles. The van der Waals surface area contributed by atoms with E-state index in [0.717, 1.165) is 33.5 Å². The molecular weight excluding hydrogens is 386 g/mol. The predicted octanol–water partition coefficient (Wildman–Crippen LogP) is 4.04. The SMILES string of the molecule is CC1CN(C(=O)c2ccccc2)CCN1c1nnc(-c2ccccn2)c2ccccc12. The summed E-state index contributed by atoms with van der Waals surface area (Å²) in [5, 5.41) is 11.2. The molecule has 0 N–H and O–H groups in total. The van der Waals surface area contributed by atoms with Crippen molar-refractivity contribution in [1.82, 2.24) is 20.1 Å². The number of anilines is 1. The molecule has 1 fully saturated rings. The van der Waals surface area contributed by atoms with E-state index in [1.54, 1.807) is 6.20 Å². The highest BCUT2D eigenvalue weighted by molar-refractivity contribution is 6.00. The van der Waals surface area contributed by atoms with E-state index < -0.39 is 0 Å². The van der Waals surface area contributed by atoms with Gasteiger partial charge in [0, 0.05) is 48.2 Å². The molecular formula is C25H23N5O. The van der Waals surface area contributed by atoms with Gasteiger partial charge in [-0.1, -0.05) is 48.5 Å². The van der Waals surface area contributed by atoms with Crippen LogP contribution >= 0.6 is 0 Å². The summed E-state index contributed by atoms with van der Waals surface area (Å²) < 4.78 is 0. The quantitative estimate of drug-likeness (QED) is 0.511. The average molecular weight is 409 g/mol. The first-order valence-electron chi connectivity index (χ1n) is 10.5. The zero-order chi connectivity index (χ0) is 21.2. The Morgan fingerprint density at radius 3 is 2.35 bits per heavy atom. The van der Waals surface area contributed by atoms with Gasteiger partial charge in [0.15, 0.2) is 5.82 Å². The fourth-order valence-corrected chi connectivity index (χ4v) is 4.21. The van der Waals surface area contributed by atoms with Gasteiger partial charge in [0.2, 0.25) is 0 Å². The van der Waals surface area contributed by atoms with Crippen LogP contribution in [0.15, 0.2) is 79.0 Å². The standard InChI is InChI=1S/C25H23N5O/c1-18-17-29(25(31)19-9-3-2-4-10-19)15-16-30(18)24-21-12-6-5-11-20(21)23(27-28-24)22-13-7-8-14-26-22/h2-14,18H,15-17H2,1H3. The molecule has 31 heavy (non-hydrogen) atoms. The van der Waals surface area contributed by atoms with Gasteiger partial charge >= 0.3 is 0 Å². The van der Waals surface area contributed by atoms with Gasteiger partial charge in [0.1, 0.15) is 5.69 Å². The van der Waals surface area contributed by atoms with Crippen LogP contribution < -0.4 is 4.90 Å². The largest absolute Gasteiger partial charge is 0.348 e. The topological polar surface area (TPSA) is 62.2 Å². The zero-order valence-electron chi connectivity index (χ0n) is 17.3. The monoisotopic (exact) mass is 409 g/mol. The fraction of sp³-hybridized carbons (Fsp3) is 0.200. The summed E-state index contributed by atoms with van der Waals surface area (Å²) in [6.45, 7) is 4.14. The van der Waals surface area contributed by atoms with Crippen molar-refractivity contribution in [2.24, 2.45) is 0 Å². The van der Waals surface area contributed by atoms with Crippen molar-refractivity contribution in [1.29, 1.82) is 0 Å². The third-order valence-electron chi connectivity index (χ3n) is 5.78. The Balaban J connectivity index is 1.45. The third kappa shape index (κ3) is 3.61. The predicted molar refractivity (Wildman–Crippen MR) is 122 cm³/mol. The van der Waals surface area contributed by atoms with E-state index in [1.165, 1.54) is 0 Å². The Morgan fingerprint density at radius 2 is 1.61 bits per heavy atom. The van der Waals surface area contributed by atoms with Crippen LogP contribution in [-0.4, -0.2) is 51.7 Å². The number of carbonyl (C=O) groups excluding carboxylic acids is 1. The summed E-state index contributed by atoms with van der Waals surface area (Å²) in [6.07, 6.45) is 1.77. The minimum absolute atomic E-state index is 0.0774. The summed E-state index contributed by atoms with van der Waals surface area (Å²) in [7, 11) is 0. The van der Waals surface area contributed by atoms with Crippen molar-refractivity contribution in [3.63, 3.8) is 0 Å². The van der Waals surface area contributed by atoms with Crippen molar-refractivity contribution in [2.45, 2.75) is 13.0 Å². The number of hydrogen-bond acceptors (Lipinski definition) is 5. The van der Waals surface area contributed by atoms with Gasteiger partial charge in [-0.2, -0.15) is 0 Å². The molecule has 154 valence electrons. The number of rotatable bonds is 3. The first-order valence-corrected chi connectivity index (χ1v) is 10.5. The van der Waals surface area contributed by atoms with Gasteiger partial charge in [0.25, 0.3) is 5.91 Å². The minimum Gasteiger partial charge on any atom is -0.348 e. The maximum absolute atomic E-state index is 12.9. The first kappa shape index (κ1) is 19.2. The van der Waals surface area contributed by atoms with Crippen LogP contribution in [0.2, 0.25) is 0 Å². The summed E-state index contributed by atoms with van der Waals surface area (Å²) in [6, 6.07) is 23.6. The number of aromatic nitrogens is 3. The van der Waals surface area contributed by atoms with Gasteiger partial charge < -0.3 is 9.80 Å². The normalized spacial score (nSPS) is 16.5. The minimum atomic E-state index is 0.0774. The molecule has 1 amide bonds. The fourth-order valence-electron chi connectivity index (χ4n) is 4.21. The molecule has 2 aromatic carbocycles. The molecule has 6 heteroatoms. The summed E-state index contributed by atoms with van der Waals surface area (Å²) >= 11 is 0. The van der Waals surface area contributed by atoms with E-state index in [0.29, 0.717) is 19.6 Å². The molecule has 1 saturated heterocycles. The molecule has 0 aliphatic carbocycles. The summed E-state index contributed by atoms with van der Waals surface area (Å²) in [5.41, 5.74) is 2.32. The second-order valence-corrected chi connectivity index (χ2v) is 7.79. The molecule has 1 aliphatic heterocycles. The maximum Gasteiger partial charge on any atom is 0.253 e. The van der Waals surface area contributed by atoms with Crippen molar-refractivity contribution in [2.75, 3.05) is 24.5 Å². The van der Waals surface area contributed by atoms with E-state index in [9.17, 15) is 4.79 Å². The highest BCUT2D eigenvalue weighted by Gasteiger charge is 2.29. The Labute approximate surface area is 181 Å². The van der Waals surface area contributed by atoms with E-state index >= 15 is 0 Å². The molecule has 1 unspecified atom stereocenters. The Kier molecular flexibility index (Phi) is 5.04.